The number of aromatic amines is 1. The van der Waals surface area contributed by atoms with Crippen LogP contribution in [-0.4, -0.2) is 28.2 Å². The fraction of sp³-hybridized carbons (Fsp3) is 0.278. The van der Waals surface area contributed by atoms with Gasteiger partial charge < -0.3 is 15.0 Å². The second kappa shape index (κ2) is 5.37. The summed E-state index contributed by atoms with van der Waals surface area (Å²) < 4.78 is 0. The van der Waals surface area contributed by atoms with E-state index in [1.807, 2.05) is 18.3 Å². The summed E-state index contributed by atoms with van der Waals surface area (Å²) in [6.07, 6.45) is 5.71. The van der Waals surface area contributed by atoms with Crippen LogP contribution in [0.5, 0.6) is 5.75 Å². The number of piperidine rings is 1. The van der Waals surface area contributed by atoms with Crippen LogP contribution in [0.4, 0.5) is 5.69 Å². The number of nitrogens with zero attached hydrogens (tertiary/aromatic N) is 2. The van der Waals surface area contributed by atoms with E-state index in [9.17, 15) is 5.11 Å². The Labute approximate surface area is 129 Å². The average Bonchev–Trinajstić information content (AvgIpc) is 3.00. The molecule has 22 heavy (non-hydrogen) atoms. The molecule has 0 spiro atoms. The number of phenols is 1. The SMILES string of the molecule is Oc1cccc(-c2cc3nccc(N4CCCCC4)c3[nH]2)c1. The molecule has 0 aliphatic carbocycles. The molecule has 3 heterocycles. The lowest BCUT2D eigenvalue weighted by Gasteiger charge is -2.29. The molecule has 1 aliphatic heterocycles. The first-order chi connectivity index (χ1) is 10.8. The minimum absolute atomic E-state index is 0.278. The summed E-state index contributed by atoms with van der Waals surface area (Å²) >= 11 is 0. The Morgan fingerprint density at radius 2 is 1.91 bits per heavy atom. The van der Waals surface area contributed by atoms with Crippen LogP contribution in [-0.2, 0) is 0 Å². The zero-order valence-electron chi connectivity index (χ0n) is 12.4. The first kappa shape index (κ1) is 13.2. The standard InChI is InChI=1S/C18H19N3O/c22-14-6-4-5-13(11-14)15-12-16-18(20-15)17(7-8-19-16)21-9-2-1-3-10-21/h4-8,11-12,20,22H,1-3,9-10H2. The van der Waals surface area contributed by atoms with Crippen molar-refractivity contribution in [1.82, 2.24) is 9.97 Å². The van der Waals surface area contributed by atoms with Gasteiger partial charge in [0.05, 0.1) is 16.7 Å². The van der Waals surface area contributed by atoms with Gasteiger partial charge in [-0.05, 0) is 43.5 Å². The number of aromatic nitrogens is 2. The molecule has 4 nitrogen and oxygen atoms in total. The van der Waals surface area contributed by atoms with Crippen molar-refractivity contribution in [1.29, 1.82) is 0 Å². The largest absolute Gasteiger partial charge is 0.508 e. The smallest absolute Gasteiger partial charge is 0.116 e. The Bertz CT molecular complexity index is 803. The van der Waals surface area contributed by atoms with E-state index in [-0.39, 0.29) is 5.75 Å². The van der Waals surface area contributed by atoms with Crippen molar-refractivity contribution in [2.75, 3.05) is 18.0 Å². The van der Waals surface area contributed by atoms with E-state index in [2.05, 4.69) is 27.0 Å². The molecular formula is C18H19N3O. The van der Waals surface area contributed by atoms with Crippen LogP contribution in [0, 0.1) is 0 Å². The molecule has 4 heteroatoms. The second-order valence-electron chi connectivity index (χ2n) is 5.87. The van der Waals surface area contributed by atoms with Crippen molar-refractivity contribution in [3.8, 4) is 17.0 Å². The van der Waals surface area contributed by atoms with Gasteiger partial charge in [0, 0.05) is 30.5 Å². The third-order valence-electron chi connectivity index (χ3n) is 4.35. The molecule has 2 N–H and O–H groups in total. The molecular weight excluding hydrogens is 274 g/mol. The van der Waals surface area contributed by atoms with Crippen molar-refractivity contribution >= 4 is 16.7 Å². The Balaban J connectivity index is 1.80. The molecule has 1 aliphatic rings. The molecule has 0 atom stereocenters. The van der Waals surface area contributed by atoms with Gasteiger partial charge in [-0.15, -0.1) is 0 Å². The minimum atomic E-state index is 0.278. The summed E-state index contributed by atoms with van der Waals surface area (Å²) in [6.45, 7) is 2.22. The van der Waals surface area contributed by atoms with Gasteiger partial charge in [-0.25, -0.2) is 0 Å². The van der Waals surface area contributed by atoms with Gasteiger partial charge in [0.15, 0.2) is 0 Å². The number of hydrogen-bond donors (Lipinski definition) is 2. The first-order valence-electron chi connectivity index (χ1n) is 7.83. The first-order valence-corrected chi connectivity index (χ1v) is 7.83. The van der Waals surface area contributed by atoms with Gasteiger partial charge >= 0.3 is 0 Å². The Morgan fingerprint density at radius 3 is 2.73 bits per heavy atom. The van der Waals surface area contributed by atoms with Crippen LogP contribution in [0.1, 0.15) is 19.3 Å². The van der Waals surface area contributed by atoms with Crippen LogP contribution >= 0.6 is 0 Å². The van der Waals surface area contributed by atoms with Gasteiger partial charge in [0.2, 0.25) is 0 Å². The number of hydrogen-bond acceptors (Lipinski definition) is 3. The highest BCUT2D eigenvalue weighted by Crippen LogP contribution is 2.31. The van der Waals surface area contributed by atoms with Crippen molar-refractivity contribution in [2.45, 2.75) is 19.3 Å². The van der Waals surface area contributed by atoms with Crippen molar-refractivity contribution < 1.29 is 5.11 Å². The van der Waals surface area contributed by atoms with Crippen molar-refractivity contribution in [3.63, 3.8) is 0 Å². The highest BCUT2D eigenvalue weighted by Gasteiger charge is 2.16. The second-order valence-corrected chi connectivity index (χ2v) is 5.87. The summed E-state index contributed by atoms with van der Waals surface area (Å²) in [6, 6.07) is 11.4. The predicted molar refractivity (Wildman–Crippen MR) is 89.3 cm³/mol. The Kier molecular flexibility index (Phi) is 3.22. The number of anilines is 1. The Hall–Kier alpha value is -2.49. The number of phenolic OH excluding ortho intramolecular Hbond substituents is 1. The van der Waals surface area contributed by atoms with Crippen LogP contribution in [0.3, 0.4) is 0 Å². The van der Waals surface area contributed by atoms with E-state index in [4.69, 9.17) is 0 Å². The van der Waals surface area contributed by atoms with E-state index in [1.165, 1.54) is 24.9 Å². The molecule has 1 fully saturated rings. The van der Waals surface area contributed by atoms with Gasteiger partial charge in [-0.3, -0.25) is 4.98 Å². The van der Waals surface area contributed by atoms with Gasteiger partial charge in [0.1, 0.15) is 5.75 Å². The van der Waals surface area contributed by atoms with Gasteiger partial charge in [-0.1, -0.05) is 12.1 Å². The van der Waals surface area contributed by atoms with E-state index < -0.39 is 0 Å². The molecule has 0 saturated carbocycles. The molecule has 0 bridgehead atoms. The maximum atomic E-state index is 9.67. The molecule has 0 unspecified atom stereocenters. The fourth-order valence-electron chi connectivity index (χ4n) is 3.24. The molecule has 0 radical (unpaired) electrons. The maximum absolute atomic E-state index is 9.67. The van der Waals surface area contributed by atoms with Crippen molar-refractivity contribution in [2.24, 2.45) is 0 Å². The molecule has 2 aromatic heterocycles. The van der Waals surface area contributed by atoms with Crippen LogP contribution in [0.25, 0.3) is 22.3 Å². The third kappa shape index (κ3) is 2.30. The molecule has 1 aromatic carbocycles. The molecule has 4 rings (SSSR count). The summed E-state index contributed by atoms with van der Waals surface area (Å²) in [4.78, 5) is 10.4. The monoisotopic (exact) mass is 293 g/mol. The molecule has 1 saturated heterocycles. The highest BCUT2D eigenvalue weighted by atomic mass is 16.3. The lowest BCUT2D eigenvalue weighted by molar-refractivity contribution is 0.475. The lowest BCUT2D eigenvalue weighted by atomic mass is 10.1. The number of aromatic hydroxyl groups is 1. The number of rotatable bonds is 2. The highest BCUT2D eigenvalue weighted by molar-refractivity contribution is 5.92. The van der Waals surface area contributed by atoms with Crippen LogP contribution < -0.4 is 4.90 Å². The summed E-state index contributed by atoms with van der Waals surface area (Å²) in [7, 11) is 0. The Morgan fingerprint density at radius 1 is 1.05 bits per heavy atom. The topological polar surface area (TPSA) is 52.2 Å². The van der Waals surface area contributed by atoms with Gasteiger partial charge in [-0.2, -0.15) is 0 Å². The number of H-pyrrole nitrogens is 1. The summed E-state index contributed by atoms with van der Waals surface area (Å²) in [5.41, 5.74) is 5.26. The minimum Gasteiger partial charge on any atom is -0.508 e. The zero-order chi connectivity index (χ0) is 14.9. The third-order valence-corrected chi connectivity index (χ3v) is 4.35. The van der Waals surface area contributed by atoms with Gasteiger partial charge in [0.25, 0.3) is 0 Å². The number of nitrogens with one attached hydrogen (secondary N) is 1. The summed E-state index contributed by atoms with van der Waals surface area (Å²) in [5.74, 6) is 0.278. The predicted octanol–water partition coefficient (Wildman–Crippen LogP) is 3.93. The maximum Gasteiger partial charge on any atom is 0.116 e. The van der Waals surface area contributed by atoms with Crippen LogP contribution in [0.15, 0.2) is 42.6 Å². The van der Waals surface area contributed by atoms with E-state index in [0.717, 1.165) is 35.4 Å². The van der Waals surface area contributed by atoms with Crippen molar-refractivity contribution in [3.05, 3.63) is 42.6 Å². The fourth-order valence-corrected chi connectivity index (χ4v) is 3.24. The number of benzene rings is 1. The van der Waals surface area contributed by atoms with E-state index in [1.54, 1.807) is 12.1 Å². The lowest BCUT2D eigenvalue weighted by Crippen LogP contribution is -2.29. The number of fused-ring (bicyclic) bond motifs is 1. The average molecular weight is 293 g/mol. The van der Waals surface area contributed by atoms with Crippen LogP contribution in [0.2, 0.25) is 0 Å². The van der Waals surface area contributed by atoms with E-state index in [0.29, 0.717) is 0 Å². The van der Waals surface area contributed by atoms with E-state index >= 15 is 0 Å². The normalized spacial score (nSPS) is 15.4. The molecule has 112 valence electrons. The molecule has 0 amide bonds. The summed E-state index contributed by atoms with van der Waals surface area (Å²) in [5, 5.41) is 9.67. The molecule has 3 aromatic rings. The zero-order valence-corrected chi connectivity index (χ0v) is 12.4. The quantitative estimate of drug-likeness (QED) is 0.753. The number of pyridine rings is 1.